The fourth-order valence-electron chi connectivity index (χ4n) is 2.74. The Morgan fingerprint density at radius 1 is 1.27 bits per heavy atom. The summed E-state index contributed by atoms with van der Waals surface area (Å²) in [5.41, 5.74) is 0.960. The number of nitrogens with zero attached hydrogens (tertiary/aromatic N) is 1. The van der Waals surface area contributed by atoms with Gasteiger partial charge in [-0.2, -0.15) is 0 Å². The van der Waals surface area contributed by atoms with Crippen molar-refractivity contribution < 1.29 is 19.4 Å². The predicted molar refractivity (Wildman–Crippen MR) is 82.7 cm³/mol. The molecule has 0 fully saturated rings. The van der Waals surface area contributed by atoms with Crippen molar-refractivity contribution in [2.45, 2.75) is 33.2 Å². The van der Waals surface area contributed by atoms with Crippen molar-refractivity contribution in [3.63, 3.8) is 0 Å². The van der Waals surface area contributed by atoms with Crippen molar-refractivity contribution in [1.82, 2.24) is 4.90 Å². The van der Waals surface area contributed by atoms with Gasteiger partial charge in [0.05, 0.1) is 18.2 Å². The van der Waals surface area contributed by atoms with Crippen LogP contribution in [0.4, 0.5) is 0 Å². The van der Waals surface area contributed by atoms with E-state index in [1.165, 1.54) is 6.92 Å². The van der Waals surface area contributed by atoms with E-state index in [0.717, 1.165) is 17.7 Å². The first-order valence-electron chi connectivity index (χ1n) is 7.49. The maximum Gasteiger partial charge on any atom is 0.290 e. The molecule has 1 heterocycles. The Kier molecular flexibility index (Phi) is 4.85. The third kappa shape index (κ3) is 2.84. The van der Waals surface area contributed by atoms with Gasteiger partial charge in [-0.3, -0.25) is 9.59 Å². The van der Waals surface area contributed by atoms with Gasteiger partial charge in [-0.25, -0.2) is 0 Å². The number of aliphatic hydroxyl groups excluding tert-OH is 1. The predicted octanol–water partition coefficient (Wildman–Crippen LogP) is 2.78. The second-order valence-electron chi connectivity index (χ2n) is 5.22. The fraction of sp³-hybridized carbons (Fsp3) is 0.412. The Labute approximate surface area is 130 Å². The lowest BCUT2D eigenvalue weighted by Crippen LogP contribution is -2.31. The number of hydrogen-bond donors (Lipinski definition) is 1. The molecule has 2 rings (SSSR count). The second kappa shape index (κ2) is 6.64. The molecule has 1 aliphatic heterocycles. The smallest absolute Gasteiger partial charge is 0.290 e. The Bertz CT molecular complexity index is 604. The molecular weight excluding hydrogens is 282 g/mol. The lowest BCUT2D eigenvalue weighted by molar-refractivity contribution is -0.129. The van der Waals surface area contributed by atoms with E-state index in [1.807, 2.05) is 26.0 Å². The lowest BCUT2D eigenvalue weighted by atomic mass is 9.96. The summed E-state index contributed by atoms with van der Waals surface area (Å²) in [5, 5.41) is 10.0. The van der Waals surface area contributed by atoms with Gasteiger partial charge in [-0.05, 0) is 38.0 Å². The summed E-state index contributed by atoms with van der Waals surface area (Å²) in [6.07, 6.45) is 0.748. The van der Waals surface area contributed by atoms with E-state index < -0.39 is 17.7 Å². The zero-order valence-corrected chi connectivity index (χ0v) is 13.1. The summed E-state index contributed by atoms with van der Waals surface area (Å²) in [6, 6.07) is 6.74. The molecule has 1 aliphatic rings. The summed E-state index contributed by atoms with van der Waals surface area (Å²) in [6.45, 7) is 6.28. The van der Waals surface area contributed by atoms with Gasteiger partial charge in [0.2, 0.25) is 0 Å². The van der Waals surface area contributed by atoms with Crippen LogP contribution < -0.4 is 4.74 Å². The zero-order chi connectivity index (χ0) is 16.3. The van der Waals surface area contributed by atoms with Crippen molar-refractivity contribution in [2.24, 2.45) is 0 Å². The molecule has 5 heteroatoms. The molecule has 0 saturated carbocycles. The number of rotatable bonds is 6. The molecule has 1 amide bonds. The first kappa shape index (κ1) is 16.1. The molecular formula is C17H21NO4. The molecule has 22 heavy (non-hydrogen) atoms. The molecule has 1 atom stereocenters. The van der Waals surface area contributed by atoms with Crippen molar-refractivity contribution >= 4 is 11.7 Å². The standard InChI is InChI=1S/C17H21NO4/c1-4-10-18-15(14(11(3)19)16(20)17(18)21)12-6-8-13(9-7-12)22-5-2/h6-9,15,20H,4-5,10H2,1-3H3/t15-/m1/s1. The lowest BCUT2D eigenvalue weighted by Gasteiger charge is -2.26. The molecule has 1 N–H and O–H groups in total. The van der Waals surface area contributed by atoms with E-state index in [1.54, 1.807) is 17.0 Å². The molecule has 118 valence electrons. The van der Waals surface area contributed by atoms with Gasteiger partial charge in [-0.1, -0.05) is 19.1 Å². The van der Waals surface area contributed by atoms with Gasteiger partial charge in [-0.15, -0.1) is 0 Å². The van der Waals surface area contributed by atoms with Crippen LogP contribution in [0.5, 0.6) is 5.75 Å². The SMILES string of the molecule is CCCN1C(=O)C(O)=C(C(C)=O)[C@H]1c1ccc(OCC)cc1. The number of carbonyl (C=O) groups is 2. The topological polar surface area (TPSA) is 66.8 Å². The number of carbonyl (C=O) groups excluding carboxylic acids is 2. The van der Waals surface area contributed by atoms with E-state index >= 15 is 0 Å². The number of benzene rings is 1. The maximum atomic E-state index is 12.2. The molecule has 0 aromatic heterocycles. The number of ketones is 1. The third-order valence-corrected chi connectivity index (χ3v) is 3.65. The van der Waals surface area contributed by atoms with Crippen LogP contribution in [0.15, 0.2) is 35.6 Å². The number of aliphatic hydroxyl groups is 1. The first-order chi connectivity index (χ1) is 10.5. The summed E-state index contributed by atoms with van der Waals surface area (Å²) in [7, 11) is 0. The Hall–Kier alpha value is -2.30. The minimum Gasteiger partial charge on any atom is -0.503 e. The molecule has 1 aromatic rings. The number of hydrogen-bond acceptors (Lipinski definition) is 4. The van der Waals surface area contributed by atoms with Gasteiger partial charge >= 0.3 is 0 Å². The van der Waals surface area contributed by atoms with E-state index in [9.17, 15) is 14.7 Å². The maximum absolute atomic E-state index is 12.2. The Balaban J connectivity index is 2.42. The molecule has 0 radical (unpaired) electrons. The van der Waals surface area contributed by atoms with E-state index in [2.05, 4.69) is 0 Å². The molecule has 5 nitrogen and oxygen atoms in total. The van der Waals surface area contributed by atoms with E-state index in [4.69, 9.17) is 4.74 Å². The van der Waals surface area contributed by atoms with Crippen LogP contribution in [-0.4, -0.2) is 34.8 Å². The van der Waals surface area contributed by atoms with Crippen molar-refractivity contribution in [3.05, 3.63) is 41.2 Å². The highest BCUT2D eigenvalue weighted by Crippen LogP contribution is 2.38. The van der Waals surface area contributed by atoms with Gasteiger partial charge in [0.1, 0.15) is 5.75 Å². The van der Waals surface area contributed by atoms with Crippen LogP contribution in [-0.2, 0) is 9.59 Å². The van der Waals surface area contributed by atoms with Crippen molar-refractivity contribution in [2.75, 3.05) is 13.2 Å². The van der Waals surface area contributed by atoms with Gasteiger partial charge < -0.3 is 14.7 Å². The molecule has 0 unspecified atom stereocenters. The molecule has 0 saturated heterocycles. The second-order valence-corrected chi connectivity index (χ2v) is 5.22. The van der Waals surface area contributed by atoms with Crippen LogP contribution in [0.2, 0.25) is 0 Å². The fourth-order valence-corrected chi connectivity index (χ4v) is 2.74. The minimum absolute atomic E-state index is 0.169. The Morgan fingerprint density at radius 3 is 2.41 bits per heavy atom. The van der Waals surface area contributed by atoms with Gasteiger partial charge in [0.25, 0.3) is 5.91 Å². The van der Waals surface area contributed by atoms with Crippen LogP contribution in [0.25, 0.3) is 0 Å². The number of ether oxygens (including phenoxy) is 1. The summed E-state index contributed by atoms with van der Waals surface area (Å²) in [5.74, 6) is -0.468. The molecule has 0 aliphatic carbocycles. The number of amides is 1. The van der Waals surface area contributed by atoms with Crippen LogP contribution in [0, 0.1) is 0 Å². The quantitative estimate of drug-likeness (QED) is 0.877. The monoisotopic (exact) mass is 303 g/mol. The first-order valence-corrected chi connectivity index (χ1v) is 7.49. The average molecular weight is 303 g/mol. The van der Waals surface area contributed by atoms with Gasteiger partial charge in [0, 0.05) is 6.54 Å². The average Bonchev–Trinajstić information content (AvgIpc) is 2.74. The molecule has 1 aromatic carbocycles. The third-order valence-electron chi connectivity index (χ3n) is 3.65. The minimum atomic E-state index is -0.527. The van der Waals surface area contributed by atoms with Gasteiger partial charge in [0.15, 0.2) is 11.5 Å². The van der Waals surface area contributed by atoms with Crippen molar-refractivity contribution in [3.8, 4) is 5.75 Å². The van der Waals surface area contributed by atoms with Crippen molar-refractivity contribution in [1.29, 1.82) is 0 Å². The number of Topliss-reactive ketones (excluding diaryl/α,β-unsaturated/α-hetero) is 1. The van der Waals surface area contributed by atoms with E-state index in [-0.39, 0.29) is 11.4 Å². The molecule has 0 bridgehead atoms. The normalized spacial score (nSPS) is 18.0. The highest BCUT2D eigenvalue weighted by molar-refractivity contribution is 6.08. The zero-order valence-electron chi connectivity index (χ0n) is 13.1. The van der Waals surface area contributed by atoms with Crippen LogP contribution >= 0.6 is 0 Å². The highest BCUT2D eigenvalue weighted by atomic mass is 16.5. The summed E-state index contributed by atoms with van der Waals surface area (Å²) < 4.78 is 5.41. The molecule has 0 spiro atoms. The van der Waals surface area contributed by atoms with E-state index in [0.29, 0.717) is 13.2 Å². The Morgan fingerprint density at radius 2 is 1.91 bits per heavy atom. The largest absolute Gasteiger partial charge is 0.503 e. The van der Waals surface area contributed by atoms with Crippen LogP contribution in [0.1, 0.15) is 38.8 Å². The summed E-state index contributed by atoms with van der Waals surface area (Å²) in [4.78, 5) is 25.6. The summed E-state index contributed by atoms with van der Waals surface area (Å²) >= 11 is 0. The highest BCUT2D eigenvalue weighted by Gasteiger charge is 2.41. The van der Waals surface area contributed by atoms with Crippen LogP contribution in [0.3, 0.4) is 0 Å².